The summed E-state index contributed by atoms with van der Waals surface area (Å²) in [5, 5.41) is 8.94. The number of pyridine rings is 1. The van der Waals surface area contributed by atoms with Crippen molar-refractivity contribution in [3.05, 3.63) is 88.6 Å². The van der Waals surface area contributed by atoms with Crippen LogP contribution in [0.1, 0.15) is 27.8 Å². The monoisotopic (exact) mass is 469 g/mol. The number of rotatable bonds is 8. The average Bonchev–Trinajstić information content (AvgIpc) is 3.37. The highest BCUT2D eigenvalue weighted by Crippen LogP contribution is 2.46. The molecule has 3 amide bonds. The molecule has 2 aromatic carbocycles. The third-order valence-corrected chi connectivity index (χ3v) is 6.82. The molecule has 1 atom stereocenters. The lowest BCUT2D eigenvalue weighted by atomic mass is 9.79. The normalized spacial score (nSPS) is 17.6. The molecule has 0 saturated heterocycles. The Morgan fingerprint density at radius 1 is 1.11 bits per heavy atom. The minimum Gasteiger partial charge on any atom is -0.332 e. The van der Waals surface area contributed by atoms with Crippen LogP contribution in [0.4, 0.5) is 11.5 Å². The molecule has 0 bridgehead atoms. The molecule has 3 N–H and O–H groups in total. The van der Waals surface area contributed by atoms with Gasteiger partial charge in [0.2, 0.25) is 18.2 Å². The smallest absolute Gasteiger partial charge is 0.243 e. The van der Waals surface area contributed by atoms with Crippen molar-refractivity contribution >= 4 is 29.7 Å². The van der Waals surface area contributed by atoms with E-state index in [2.05, 4.69) is 20.9 Å². The minimum atomic E-state index is -0.649. The first-order valence-electron chi connectivity index (χ1n) is 11.6. The van der Waals surface area contributed by atoms with Crippen LogP contribution < -0.4 is 16.0 Å². The molecule has 8 heteroatoms. The number of fused-ring (bicyclic) bond motifs is 3. The highest BCUT2D eigenvalue weighted by atomic mass is 16.2. The van der Waals surface area contributed by atoms with Gasteiger partial charge >= 0.3 is 0 Å². The summed E-state index contributed by atoms with van der Waals surface area (Å²) in [6.45, 7) is 0.980. The third-order valence-electron chi connectivity index (χ3n) is 6.82. The van der Waals surface area contributed by atoms with Crippen molar-refractivity contribution < 1.29 is 14.4 Å². The minimum absolute atomic E-state index is 0.0341. The quantitative estimate of drug-likeness (QED) is 0.440. The number of hydrogen-bond donors (Lipinski definition) is 3. The Balaban J connectivity index is 1.26. The summed E-state index contributed by atoms with van der Waals surface area (Å²) in [7, 11) is 1.87. The lowest BCUT2D eigenvalue weighted by Crippen LogP contribution is -2.35. The van der Waals surface area contributed by atoms with Gasteiger partial charge < -0.3 is 20.9 Å². The molecule has 0 fully saturated rings. The molecule has 8 nitrogen and oxygen atoms in total. The number of benzene rings is 2. The fraction of sp³-hybridized carbons (Fsp3) is 0.259. The SMILES string of the molecule is CNCc1ccccc1CN(C=O)CC(=O)Nc1ccc2c(c1)CC1(C2)C(=O)Nc2ncccc21. The fourth-order valence-electron chi connectivity index (χ4n) is 5.15. The molecule has 0 saturated carbocycles. The van der Waals surface area contributed by atoms with Crippen LogP contribution in [0.15, 0.2) is 60.8 Å². The van der Waals surface area contributed by atoms with Gasteiger partial charge in [0, 0.05) is 30.5 Å². The summed E-state index contributed by atoms with van der Waals surface area (Å²) in [6, 6.07) is 17.4. The van der Waals surface area contributed by atoms with Crippen LogP contribution in [-0.2, 0) is 45.7 Å². The number of amides is 3. The average molecular weight is 470 g/mol. The fourth-order valence-corrected chi connectivity index (χ4v) is 5.15. The number of anilines is 2. The molecule has 3 aromatic rings. The zero-order valence-electron chi connectivity index (χ0n) is 19.5. The Bertz CT molecular complexity index is 1310. The van der Waals surface area contributed by atoms with E-state index in [0.29, 0.717) is 43.8 Å². The predicted octanol–water partition coefficient (Wildman–Crippen LogP) is 2.39. The molecule has 178 valence electrons. The molecule has 1 aliphatic carbocycles. The molecule has 35 heavy (non-hydrogen) atoms. The van der Waals surface area contributed by atoms with E-state index in [1.165, 1.54) is 4.90 Å². The van der Waals surface area contributed by atoms with Gasteiger partial charge in [0.25, 0.3) is 0 Å². The molecule has 1 aliphatic heterocycles. The van der Waals surface area contributed by atoms with Gasteiger partial charge in [0.15, 0.2) is 0 Å². The highest BCUT2D eigenvalue weighted by Gasteiger charge is 2.51. The zero-order chi connectivity index (χ0) is 24.4. The van der Waals surface area contributed by atoms with E-state index in [0.717, 1.165) is 27.8 Å². The second-order valence-electron chi connectivity index (χ2n) is 9.13. The lowest BCUT2D eigenvalue weighted by molar-refractivity contribution is -0.125. The number of carbonyl (C=O) groups excluding carboxylic acids is 3. The third kappa shape index (κ3) is 4.28. The van der Waals surface area contributed by atoms with E-state index in [9.17, 15) is 14.4 Å². The Kier molecular flexibility index (Phi) is 6.05. The van der Waals surface area contributed by atoms with Crippen LogP contribution >= 0.6 is 0 Å². The van der Waals surface area contributed by atoms with Crippen LogP contribution in [0.2, 0.25) is 0 Å². The van der Waals surface area contributed by atoms with Crippen molar-refractivity contribution in [2.24, 2.45) is 0 Å². The molecule has 2 heterocycles. The molecular weight excluding hydrogens is 442 g/mol. The first-order chi connectivity index (χ1) is 17.0. The summed E-state index contributed by atoms with van der Waals surface area (Å²) in [4.78, 5) is 43.1. The molecule has 5 rings (SSSR count). The molecular formula is C27H27N5O3. The van der Waals surface area contributed by atoms with Gasteiger partial charge in [0.1, 0.15) is 5.82 Å². The van der Waals surface area contributed by atoms with Gasteiger partial charge in [-0.25, -0.2) is 4.98 Å². The van der Waals surface area contributed by atoms with Crippen molar-refractivity contribution in [3.63, 3.8) is 0 Å². The van der Waals surface area contributed by atoms with Crippen molar-refractivity contribution in [3.8, 4) is 0 Å². The van der Waals surface area contributed by atoms with E-state index in [4.69, 9.17) is 0 Å². The lowest BCUT2D eigenvalue weighted by Gasteiger charge is -2.20. The van der Waals surface area contributed by atoms with Crippen molar-refractivity contribution in [1.82, 2.24) is 15.2 Å². The molecule has 2 aliphatic rings. The second kappa shape index (κ2) is 9.31. The zero-order valence-corrected chi connectivity index (χ0v) is 19.5. The summed E-state index contributed by atoms with van der Waals surface area (Å²) in [5.41, 5.74) is 5.12. The summed E-state index contributed by atoms with van der Waals surface area (Å²) in [6.07, 6.45) is 3.54. The standard InChI is InChI=1S/C27H27N5O3/c1-28-14-19-5-2-3-6-20(19)15-32(17-33)16-24(34)30-22-9-8-18-12-27(13-21(18)11-22)23-7-4-10-29-25(23)31-26(27)35/h2-11,17,28H,12-16H2,1H3,(H,30,34)(H,29,31,35). The summed E-state index contributed by atoms with van der Waals surface area (Å²) in [5.74, 6) is 0.321. The van der Waals surface area contributed by atoms with Gasteiger partial charge in [-0.3, -0.25) is 14.4 Å². The largest absolute Gasteiger partial charge is 0.332 e. The van der Waals surface area contributed by atoms with Crippen molar-refractivity contribution in [2.45, 2.75) is 31.3 Å². The topological polar surface area (TPSA) is 103 Å². The number of nitrogens with one attached hydrogen (secondary N) is 3. The van der Waals surface area contributed by atoms with Crippen LogP contribution in [-0.4, -0.2) is 41.7 Å². The van der Waals surface area contributed by atoms with E-state index in [1.807, 2.05) is 61.6 Å². The van der Waals surface area contributed by atoms with Crippen LogP contribution in [0, 0.1) is 0 Å². The van der Waals surface area contributed by atoms with Crippen molar-refractivity contribution in [2.75, 3.05) is 24.2 Å². The Hall–Kier alpha value is -4.04. The van der Waals surface area contributed by atoms with Crippen LogP contribution in [0.5, 0.6) is 0 Å². The Morgan fingerprint density at radius 3 is 2.71 bits per heavy atom. The number of aromatic nitrogens is 1. The van der Waals surface area contributed by atoms with E-state index in [1.54, 1.807) is 6.20 Å². The van der Waals surface area contributed by atoms with Crippen molar-refractivity contribution in [1.29, 1.82) is 0 Å². The summed E-state index contributed by atoms with van der Waals surface area (Å²) >= 11 is 0. The maximum atomic E-state index is 12.9. The summed E-state index contributed by atoms with van der Waals surface area (Å²) < 4.78 is 0. The van der Waals surface area contributed by atoms with Gasteiger partial charge in [-0.15, -0.1) is 0 Å². The molecule has 1 aromatic heterocycles. The first kappa shape index (κ1) is 22.7. The number of carbonyl (C=O) groups is 3. The maximum absolute atomic E-state index is 12.9. The van der Waals surface area contributed by atoms with E-state index >= 15 is 0 Å². The van der Waals surface area contributed by atoms with Gasteiger partial charge in [-0.1, -0.05) is 36.4 Å². The predicted molar refractivity (Wildman–Crippen MR) is 133 cm³/mol. The second-order valence-corrected chi connectivity index (χ2v) is 9.13. The van der Waals surface area contributed by atoms with Crippen LogP contribution in [0.3, 0.4) is 0 Å². The molecule has 0 radical (unpaired) electrons. The first-order valence-corrected chi connectivity index (χ1v) is 11.6. The maximum Gasteiger partial charge on any atom is 0.243 e. The number of hydrogen-bond acceptors (Lipinski definition) is 5. The van der Waals surface area contributed by atoms with E-state index < -0.39 is 5.41 Å². The van der Waals surface area contributed by atoms with Gasteiger partial charge in [-0.2, -0.15) is 0 Å². The molecule has 1 unspecified atom stereocenters. The van der Waals surface area contributed by atoms with E-state index in [-0.39, 0.29) is 18.4 Å². The van der Waals surface area contributed by atoms with Gasteiger partial charge in [0.05, 0.1) is 12.0 Å². The van der Waals surface area contributed by atoms with Crippen LogP contribution in [0.25, 0.3) is 0 Å². The highest BCUT2D eigenvalue weighted by molar-refractivity contribution is 6.06. The Morgan fingerprint density at radius 2 is 1.91 bits per heavy atom. The Labute approximate surface area is 203 Å². The molecule has 1 spiro atoms. The van der Waals surface area contributed by atoms with Gasteiger partial charge in [-0.05, 0) is 60.3 Å². The number of nitrogens with zero attached hydrogens (tertiary/aromatic N) is 2.